The number of carboxylic acids is 1. The van der Waals surface area contributed by atoms with Gasteiger partial charge in [-0.25, -0.2) is 9.78 Å². The first-order valence-corrected chi connectivity index (χ1v) is 6.46. The number of hydrogen-bond acceptors (Lipinski definition) is 3. The molecule has 18 heavy (non-hydrogen) atoms. The number of aromatic nitrogens is 1. The molecule has 0 aliphatic carbocycles. The second-order valence-corrected chi connectivity index (χ2v) is 5.30. The van der Waals surface area contributed by atoms with E-state index in [0.29, 0.717) is 20.0 Å². The molecular weight excluding hydrogens is 293 g/mol. The number of hydrogen-bond donors (Lipinski definition) is 1. The van der Waals surface area contributed by atoms with Crippen molar-refractivity contribution in [2.45, 2.75) is 9.92 Å². The molecule has 0 radical (unpaired) electrons. The van der Waals surface area contributed by atoms with Gasteiger partial charge >= 0.3 is 5.97 Å². The number of halogens is 2. The van der Waals surface area contributed by atoms with Crippen molar-refractivity contribution in [3.8, 4) is 0 Å². The molecule has 0 unspecified atom stereocenters. The van der Waals surface area contributed by atoms with E-state index in [1.54, 1.807) is 24.3 Å². The monoisotopic (exact) mass is 299 g/mol. The molecule has 1 N–H and O–H groups in total. The van der Waals surface area contributed by atoms with Crippen LogP contribution < -0.4 is 0 Å². The summed E-state index contributed by atoms with van der Waals surface area (Å²) in [5.74, 6) is -0.997. The quantitative estimate of drug-likeness (QED) is 0.921. The fourth-order valence-corrected chi connectivity index (χ4v) is 2.56. The molecule has 3 nitrogen and oxygen atoms in total. The number of pyridine rings is 1. The van der Waals surface area contributed by atoms with Crippen LogP contribution in [0.1, 0.15) is 10.4 Å². The van der Waals surface area contributed by atoms with E-state index in [1.807, 2.05) is 0 Å². The van der Waals surface area contributed by atoms with Crippen molar-refractivity contribution in [3.63, 3.8) is 0 Å². The van der Waals surface area contributed by atoms with E-state index in [9.17, 15) is 4.79 Å². The van der Waals surface area contributed by atoms with Crippen LogP contribution in [0.4, 0.5) is 0 Å². The minimum atomic E-state index is -0.997. The Morgan fingerprint density at radius 2 is 1.89 bits per heavy atom. The van der Waals surface area contributed by atoms with Crippen LogP contribution in [-0.2, 0) is 0 Å². The Morgan fingerprint density at radius 3 is 2.50 bits per heavy atom. The highest BCUT2D eigenvalue weighted by atomic mass is 35.5. The van der Waals surface area contributed by atoms with Crippen molar-refractivity contribution in [2.75, 3.05) is 0 Å². The van der Waals surface area contributed by atoms with Gasteiger partial charge in [-0.2, -0.15) is 0 Å². The molecule has 0 atom stereocenters. The lowest BCUT2D eigenvalue weighted by Gasteiger charge is -2.05. The lowest BCUT2D eigenvalue weighted by Crippen LogP contribution is -1.98. The molecule has 0 fully saturated rings. The van der Waals surface area contributed by atoms with Gasteiger partial charge in [-0.3, -0.25) is 0 Å². The van der Waals surface area contributed by atoms with Crippen LogP contribution in [0.3, 0.4) is 0 Å². The van der Waals surface area contributed by atoms with Gasteiger partial charge in [0.1, 0.15) is 5.03 Å². The minimum absolute atomic E-state index is 0.196. The summed E-state index contributed by atoms with van der Waals surface area (Å²) in [6.07, 6.45) is 1.51. The maximum atomic E-state index is 11.1. The smallest absolute Gasteiger partial charge is 0.336 e. The zero-order valence-corrected chi connectivity index (χ0v) is 11.3. The number of rotatable bonds is 3. The van der Waals surface area contributed by atoms with Crippen molar-refractivity contribution in [2.24, 2.45) is 0 Å². The van der Waals surface area contributed by atoms with Crippen LogP contribution in [-0.4, -0.2) is 16.1 Å². The molecule has 6 heteroatoms. The van der Waals surface area contributed by atoms with Crippen LogP contribution in [0.15, 0.2) is 46.5 Å². The topological polar surface area (TPSA) is 50.2 Å². The van der Waals surface area contributed by atoms with Crippen LogP contribution in [0.2, 0.25) is 10.0 Å². The maximum absolute atomic E-state index is 11.1. The SMILES string of the molecule is O=C(O)c1ccc(Cl)cc1Sc1ccc(Cl)cn1. The van der Waals surface area contributed by atoms with E-state index in [-0.39, 0.29) is 5.56 Å². The highest BCUT2D eigenvalue weighted by molar-refractivity contribution is 7.99. The Bertz CT molecular complexity index is 587. The highest BCUT2D eigenvalue weighted by Gasteiger charge is 2.12. The average Bonchev–Trinajstić information content (AvgIpc) is 2.32. The van der Waals surface area contributed by atoms with Crippen molar-refractivity contribution in [3.05, 3.63) is 52.1 Å². The van der Waals surface area contributed by atoms with Gasteiger partial charge in [0.15, 0.2) is 0 Å². The van der Waals surface area contributed by atoms with Gasteiger partial charge in [0.05, 0.1) is 10.6 Å². The zero-order chi connectivity index (χ0) is 13.1. The molecule has 0 aliphatic heterocycles. The van der Waals surface area contributed by atoms with Crippen molar-refractivity contribution in [1.82, 2.24) is 4.98 Å². The van der Waals surface area contributed by atoms with Crippen molar-refractivity contribution in [1.29, 1.82) is 0 Å². The second-order valence-electron chi connectivity index (χ2n) is 3.36. The molecule has 2 aromatic rings. The first-order valence-electron chi connectivity index (χ1n) is 4.88. The molecule has 0 saturated heterocycles. The van der Waals surface area contributed by atoms with E-state index < -0.39 is 5.97 Å². The summed E-state index contributed by atoms with van der Waals surface area (Å²) in [5, 5.41) is 10.8. The van der Waals surface area contributed by atoms with Crippen LogP contribution >= 0.6 is 35.0 Å². The Hall–Kier alpha value is -1.23. The fraction of sp³-hybridized carbons (Fsp3) is 0. The standard InChI is InChI=1S/C12H7Cl2NO2S/c13-7-1-3-9(12(16)17)10(5-7)18-11-4-2-8(14)6-15-11/h1-6H,(H,16,17). The predicted octanol–water partition coefficient (Wildman–Crippen LogP) is 4.24. The van der Waals surface area contributed by atoms with Gasteiger partial charge in [0.2, 0.25) is 0 Å². The highest BCUT2D eigenvalue weighted by Crippen LogP contribution is 2.31. The molecule has 92 valence electrons. The summed E-state index contributed by atoms with van der Waals surface area (Å²) in [4.78, 5) is 15.7. The van der Waals surface area contributed by atoms with Gasteiger partial charge in [0, 0.05) is 16.1 Å². The Balaban J connectivity index is 2.35. The number of benzene rings is 1. The first kappa shape index (κ1) is 13.2. The van der Waals surface area contributed by atoms with Gasteiger partial charge < -0.3 is 5.11 Å². The Labute approximate surface area is 118 Å². The fourth-order valence-electron chi connectivity index (χ4n) is 1.29. The minimum Gasteiger partial charge on any atom is -0.478 e. The lowest BCUT2D eigenvalue weighted by atomic mass is 10.2. The third-order valence-electron chi connectivity index (χ3n) is 2.09. The largest absolute Gasteiger partial charge is 0.478 e. The van der Waals surface area contributed by atoms with E-state index in [2.05, 4.69) is 4.98 Å². The molecule has 0 saturated carbocycles. The predicted molar refractivity (Wildman–Crippen MR) is 71.8 cm³/mol. The zero-order valence-electron chi connectivity index (χ0n) is 8.93. The number of carboxylic acid groups (broad SMARTS) is 1. The van der Waals surface area contributed by atoms with E-state index >= 15 is 0 Å². The number of nitrogens with zero attached hydrogens (tertiary/aromatic N) is 1. The van der Waals surface area contributed by atoms with Gasteiger partial charge in [-0.15, -0.1) is 0 Å². The molecule has 1 heterocycles. The van der Waals surface area contributed by atoms with Crippen LogP contribution in [0.5, 0.6) is 0 Å². The molecule has 2 rings (SSSR count). The molecule has 1 aromatic heterocycles. The van der Waals surface area contributed by atoms with E-state index in [0.717, 1.165) is 0 Å². The second kappa shape index (κ2) is 5.61. The number of carbonyl (C=O) groups is 1. The van der Waals surface area contributed by atoms with Crippen molar-refractivity contribution < 1.29 is 9.90 Å². The van der Waals surface area contributed by atoms with Crippen LogP contribution in [0, 0.1) is 0 Å². The van der Waals surface area contributed by atoms with Gasteiger partial charge in [-0.05, 0) is 30.3 Å². The molecule has 1 aromatic carbocycles. The third-order valence-corrected chi connectivity index (χ3v) is 3.56. The first-order chi connectivity index (χ1) is 8.56. The Kier molecular flexibility index (Phi) is 4.11. The van der Waals surface area contributed by atoms with E-state index in [1.165, 1.54) is 24.0 Å². The number of aromatic carboxylic acids is 1. The van der Waals surface area contributed by atoms with Gasteiger partial charge in [-0.1, -0.05) is 35.0 Å². The van der Waals surface area contributed by atoms with Crippen molar-refractivity contribution >= 4 is 40.9 Å². The molecular formula is C12H7Cl2NO2S. The Morgan fingerprint density at radius 1 is 1.17 bits per heavy atom. The average molecular weight is 300 g/mol. The summed E-state index contributed by atoms with van der Waals surface area (Å²) >= 11 is 12.8. The van der Waals surface area contributed by atoms with Gasteiger partial charge in [0.25, 0.3) is 0 Å². The molecule has 0 aliphatic rings. The molecule has 0 spiro atoms. The lowest BCUT2D eigenvalue weighted by molar-refractivity contribution is 0.0693. The molecule has 0 bridgehead atoms. The summed E-state index contributed by atoms with van der Waals surface area (Å²) in [7, 11) is 0. The summed E-state index contributed by atoms with van der Waals surface area (Å²) in [6.45, 7) is 0. The maximum Gasteiger partial charge on any atom is 0.336 e. The summed E-state index contributed by atoms with van der Waals surface area (Å²) in [5.41, 5.74) is 0.196. The third kappa shape index (κ3) is 3.16. The normalized spacial score (nSPS) is 10.3. The summed E-state index contributed by atoms with van der Waals surface area (Å²) < 4.78 is 0. The molecule has 0 amide bonds. The summed E-state index contributed by atoms with van der Waals surface area (Å²) in [6, 6.07) is 8.04. The van der Waals surface area contributed by atoms with E-state index in [4.69, 9.17) is 28.3 Å². The van der Waals surface area contributed by atoms with Crippen LogP contribution in [0.25, 0.3) is 0 Å².